The number of benzene rings is 2. The van der Waals surface area contributed by atoms with Crippen LogP contribution in [0.3, 0.4) is 0 Å². The fraction of sp³-hybridized carbons (Fsp3) is 0.200. The molecule has 1 atom stereocenters. The zero-order chi connectivity index (χ0) is 24.5. The van der Waals surface area contributed by atoms with Crippen molar-refractivity contribution in [3.8, 4) is 0 Å². The number of nitrogens with zero attached hydrogens (tertiary/aromatic N) is 1. The smallest absolute Gasteiger partial charge is 0.268 e. The van der Waals surface area contributed by atoms with E-state index in [4.69, 9.17) is 16.1 Å². The summed E-state index contributed by atoms with van der Waals surface area (Å²) in [5.74, 6) is -0.421. The van der Waals surface area contributed by atoms with E-state index >= 15 is 0 Å². The molecule has 0 spiro atoms. The van der Waals surface area contributed by atoms with Crippen LogP contribution in [-0.4, -0.2) is 24.5 Å². The molecule has 2 N–H and O–H groups in total. The van der Waals surface area contributed by atoms with E-state index in [9.17, 15) is 14.6 Å². The van der Waals surface area contributed by atoms with Gasteiger partial charge in [-0.1, -0.05) is 28.8 Å². The average Bonchev–Trinajstić information content (AvgIpc) is 3.17. The maximum atomic E-state index is 14.4. The summed E-state index contributed by atoms with van der Waals surface area (Å²) in [6.45, 7) is 4.13. The minimum absolute atomic E-state index is 0.161. The van der Waals surface area contributed by atoms with Gasteiger partial charge in [0.05, 0.1) is 5.30 Å². The molecule has 7 nitrogen and oxygen atoms in total. The van der Waals surface area contributed by atoms with Crippen LogP contribution in [0.5, 0.6) is 0 Å². The molecule has 0 aliphatic heterocycles. The van der Waals surface area contributed by atoms with Gasteiger partial charge in [0.25, 0.3) is 13.3 Å². The highest BCUT2D eigenvalue weighted by Gasteiger charge is 2.36. The Kier molecular flexibility index (Phi) is 6.80. The third-order valence-electron chi connectivity index (χ3n) is 5.59. The van der Waals surface area contributed by atoms with Crippen molar-refractivity contribution in [2.24, 2.45) is 0 Å². The maximum Gasteiger partial charge on any atom is 0.268 e. The second-order valence-electron chi connectivity index (χ2n) is 8.20. The topological polar surface area (TPSA) is 98.1 Å². The van der Waals surface area contributed by atoms with Crippen LogP contribution >= 0.6 is 19.0 Å². The number of fused-ring (bicyclic) bond motifs is 1. The zero-order valence-electron chi connectivity index (χ0n) is 19.1. The Morgan fingerprint density at radius 2 is 1.91 bits per heavy atom. The summed E-state index contributed by atoms with van der Waals surface area (Å²) in [5, 5.41) is 16.2. The number of aryl methyl sites for hydroxylation is 2. The van der Waals surface area contributed by atoms with E-state index in [1.165, 1.54) is 19.5 Å². The predicted molar refractivity (Wildman–Crippen MR) is 135 cm³/mol. The number of carbonyl (C=O) groups is 1. The van der Waals surface area contributed by atoms with Crippen LogP contribution in [0.1, 0.15) is 27.2 Å². The van der Waals surface area contributed by atoms with Gasteiger partial charge in [-0.05, 0) is 56.7 Å². The predicted octanol–water partition coefficient (Wildman–Crippen LogP) is 3.92. The van der Waals surface area contributed by atoms with Crippen LogP contribution in [0.15, 0.2) is 60.9 Å². The number of pyridine rings is 1. The molecule has 0 saturated carbocycles. The lowest BCUT2D eigenvalue weighted by Gasteiger charge is -2.19. The Hall–Kier alpha value is -3.12. The van der Waals surface area contributed by atoms with Crippen molar-refractivity contribution in [3.63, 3.8) is 0 Å². The molecule has 4 aromatic rings. The summed E-state index contributed by atoms with van der Waals surface area (Å²) in [6.07, 6.45) is 3.33. The summed E-state index contributed by atoms with van der Waals surface area (Å²) in [4.78, 5) is 16.4. The molecular formula is C25H25ClN3O4P. The molecule has 2 aromatic carbocycles. The number of hydrogen-bond donors (Lipinski definition) is 2. The van der Waals surface area contributed by atoms with E-state index in [1.54, 1.807) is 24.3 Å². The van der Waals surface area contributed by atoms with Crippen molar-refractivity contribution in [2.45, 2.75) is 20.3 Å². The van der Waals surface area contributed by atoms with Gasteiger partial charge in [0.1, 0.15) is 5.69 Å². The van der Waals surface area contributed by atoms with Gasteiger partial charge in [0.15, 0.2) is 12.4 Å². The average molecular weight is 498 g/mol. The van der Waals surface area contributed by atoms with E-state index in [0.29, 0.717) is 34.2 Å². The number of halogens is 1. The first-order valence-electron chi connectivity index (χ1n) is 10.7. The molecule has 1 unspecified atom stereocenters. The Bertz CT molecular complexity index is 1410. The molecule has 4 rings (SSSR count). The second kappa shape index (κ2) is 9.63. The number of nitrogens with one attached hydrogen (secondary N) is 2. The summed E-state index contributed by atoms with van der Waals surface area (Å²) < 4.78 is 20.8. The van der Waals surface area contributed by atoms with Crippen molar-refractivity contribution in [1.29, 1.82) is 0 Å². The molecule has 34 heavy (non-hydrogen) atoms. The molecule has 0 aliphatic carbocycles. The van der Waals surface area contributed by atoms with Crippen molar-refractivity contribution < 1.29 is 18.6 Å². The lowest BCUT2D eigenvalue weighted by molar-refractivity contribution is -0.605. The van der Waals surface area contributed by atoms with Gasteiger partial charge >= 0.3 is 0 Å². The number of hydrogen-bond acceptors (Lipinski definition) is 4. The van der Waals surface area contributed by atoms with Gasteiger partial charge in [-0.15, -0.1) is 0 Å². The quantitative estimate of drug-likeness (QED) is 0.230. The van der Waals surface area contributed by atoms with E-state index in [0.717, 1.165) is 21.4 Å². The number of rotatable bonds is 7. The minimum atomic E-state index is -3.66. The number of aromatic nitrogens is 2. The van der Waals surface area contributed by atoms with E-state index < -0.39 is 13.3 Å². The minimum Gasteiger partial charge on any atom is -0.619 e. The van der Waals surface area contributed by atoms with Crippen LogP contribution in [0.25, 0.3) is 10.9 Å². The van der Waals surface area contributed by atoms with Crippen LogP contribution in [0.2, 0.25) is 5.02 Å². The maximum absolute atomic E-state index is 14.4. The third kappa shape index (κ3) is 4.73. The highest BCUT2D eigenvalue weighted by molar-refractivity contribution is 7.75. The highest BCUT2D eigenvalue weighted by atomic mass is 35.5. The van der Waals surface area contributed by atoms with Gasteiger partial charge in [-0.3, -0.25) is 9.36 Å². The van der Waals surface area contributed by atoms with Crippen molar-refractivity contribution in [3.05, 3.63) is 93.5 Å². The Morgan fingerprint density at radius 3 is 2.59 bits per heavy atom. The first-order chi connectivity index (χ1) is 16.2. The van der Waals surface area contributed by atoms with Gasteiger partial charge in [0, 0.05) is 46.5 Å². The highest BCUT2D eigenvalue weighted by Crippen LogP contribution is 2.47. The normalized spacial score (nSPS) is 13.1. The molecule has 0 saturated heterocycles. The SMILES string of the molecule is COP(=O)(c1cc(C)cc(C)c1)c1c(C(=O)NCCc2ccc[n+]([O-])c2)[nH]c2ccc(Cl)cc12. The number of amides is 1. The molecule has 0 fully saturated rings. The molecule has 1 amide bonds. The summed E-state index contributed by atoms with van der Waals surface area (Å²) >= 11 is 6.26. The van der Waals surface area contributed by atoms with E-state index in [1.807, 2.05) is 38.1 Å². The van der Waals surface area contributed by atoms with Crippen LogP contribution < -0.4 is 20.7 Å². The second-order valence-corrected chi connectivity index (χ2v) is 11.1. The zero-order valence-corrected chi connectivity index (χ0v) is 20.7. The summed E-state index contributed by atoms with van der Waals surface area (Å²) in [5.41, 5.74) is 3.46. The molecule has 0 bridgehead atoms. The molecule has 9 heteroatoms. The van der Waals surface area contributed by atoms with E-state index in [-0.39, 0.29) is 11.0 Å². The molecule has 2 heterocycles. The van der Waals surface area contributed by atoms with Crippen LogP contribution in [-0.2, 0) is 15.5 Å². The first kappa shape index (κ1) is 24.0. The molecule has 2 aromatic heterocycles. The monoisotopic (exact) mass is 497 g/mol. The molecule has 0 aliphatic rings. The number of aromatic amines is 1. The van der Waals surface area contributed by atoms with Crippen molar-refractivity contribution in [2.75, 3.05) is 13.7 Å². The Labute approximate surface area is 202 Å². The lowest BCUT2D eigenvalue weighted by atomic mass is 10.2. The standard InChI is InChI=1S/C25H25ClN3O4P/c1-16-11-17(2)13-20(12-16)34(32,33-3)24-21-14-19(26)6-7-22(21)28-23(24)25(30)27-9-8-18-5-4-10-29(31)15-18/h4-7,10-15,28H,8-9H2,1-3H3,(H,27,30). The number of H-pyrrole nitrogens is 1. The Balaban J connectivity index is 1.77. The molecule has 0 radical (unpaired) electrons. The first-order valence-corrected chi connectivity index (χ1v) is 12.7. The number of carbonyl (C=O) groups excluding carboxylic acids is 1. The lowest BCUT2D eigenvalue weighted by Crippen LogP contribution is -2.32. The van der Waals surface area contributed by atoms with E-state index in [2.05, 4.69) is 10.3 Å². The fourth-order valence-electron chi connectivity index (χ4n) is 4.12. The van der Waals surface area contributed by atoms with Gasteiger partial charge in [-0.25, -0.2) is 0 Å². The third-order valence-corrected chi connectivity index (χ3v) is 8.33. The fourth-order valence-corrected chi connectivity index (χ4v) is 6.65. The summed E-state index contributed by atoms with van der Waals surface area (Å²) in [6, 6.07) is 14.2. The molecule has 176 valence electrons. The van der Waals surface area contributed by atoms with Gasteiger partial charge < -0.3 is 20.0 Å². The Morgan fingerprint density at radius 1 is 1.18 bits per heavy atom. The summed E-state index contributed by atoms with van der Waals surface area (Å²) in [7, 11) is -2.27. The van der Waals surface area contributed by atoms with Crippen LogP contribution in [0, 0.1) is 19.1 Å². The van der Waals surface area contributed by atoms with Gasteiger partial charge in [0.2, 0.25) is 0 Å². The molecular weight excluding hydrogens is 473 g/mol. The van der Waals surface area contributed by atoms with Crippen molar-refractivity contribution in [1.82, 2.24) is 10.3 Å². The van der Waals surface area contributed by atoms with Crippen LogP contribution in [0.4, 0.5) is 0 Å². The van der Waals surface area contributed by atoms with Crippen molar-refractivity contribution >= 4 is 46.4 Å². The largest absolute Gasteiger partial charge is 0.619 e. The van der Waals surface area contributed by atoms with Gasteiger partial charge in [-0.2, -0.15) is 4.73 Å².